The Bertz CT molecular complexity index is 952. The standard InChI is InChI=1S/C19H20N2O3S2/c1-3-21(26(2,22)23)16-11-9-15(10-12-16)18-14-25-19(20-18)13-24-17-7-5-4-6-8-17/h4-12,14H,3,13H2,1-2H3. The highest BCUT2D eigenvalue weighted by Crippen LogP contribution is 2.26. The Morgan fingerprint density at radius 3 is 2.38 bits per heavy atom. The molecule has 0 radical (unpaired) electrons. The SMILES string of the molecule is CCN(c1ccc(-c2csc(COc3ccccc3)n2)cc1)S(C)(=O)=O. The van der Waals surface area contributed by atoms with E-state index in [0.29, 0.717) is 18.8 Å². The Labute approximate surface area is 157 Å². The average molecular weight is 389 g/mol. The van der Waals surface area contributed by atoms with E-state index in [0.717, 1.165) is 22.0 Å². The average Bonchev–Trinajstić information content (AvgIpc) is 3.10. The molecule has 1 aromatic heterocycles. The van der Waals surface area contributed by atoms with Gasteiger partial charge in [-0.1, -0.05) is 30.3 Å². The lowest BCUT2D eigenvalue weighted by Crippen LogP contribution is -2.29. The van der Waals surface area contributed by atoms with Crippen LogP contribution in [0.15, 0.2) is 60.0 Å². The van der Waals surface area contributed by atoms with Crippen molar-refractivity contribution in [2.24, 2.45) is 0 Å². The predicted molar refractivity (Wildman–Crippen MR) is 106 cm³/mol. The van der Waals surface area contributed by atoms with Crippen LogP contribution in [0.5, 0.6) is 5.75 Å². The molecule has 0 aliphatic rings. The van der Waals surface area contributed by atoms with Crippen LogP contribution in [0.25, 0.3) is 11.3 Å². The van der Waals surface area contributed by atoms with Crippen molar-refractivity contribution in [2.75, 3.05) is 17.1 Å². The minimum atomic E-state index is -3.27. The fraction of sp³-hybridized carbons (Fsp3) is 0.211. The number of hydrogen-bond acceptors (Lipinski definition) is 5. The molecule has 0 aliphatic carbocycles. The first-order valence-electron chi connectivity index (χ1n) is 8.18. The molecule has 0 aliphatic heterocycles. The summed E-state index contributed by atoms with van der Waals surface area (Å²) in [6.45, 7) is 2.63. The molecule has 3 aromatic rings. The molecular formula is C19H20N2O3S2. The van der Waals surface area contributed by atoms with Gasteiger partial charge < -0.3 is 4.74 Å². The fourth-order valence-electron chi connectivity index (χ4n) is 2.58. The maximum Gasteiger partial charge on any atom is 0.232 e. The van der Waals surface area contributed by atoms with Crippen LogP contribution in [0.2, 0.25) is 0 Å². The van der Waals surface area contributed by atoms with Crippen LogP contribution in [-0.2, 0) is 16.6 Å². The van der Waals surface area contributed by atoms with Gasteiger partial charge in [0.05, 0.1) is 17.6 Å². The number of ether oxygens (including phenoxy) is 1. The van der Waals surface area contributed by atoms with Gasteiger partial charge in [0.2, 0.25) is 10.0 Å². The molecule has 2 aromatic carbocycles. The Kier molecular flexibility index (Phi) is 5.58. The lowest BCUT2D eigenvalue weighted by atomic mass is 10.1. The third-order valence-corrected chi connectivity index (χ3v) is 5.89. The van der Waals surface area contributed by atoms with Crippen molar-refractivity contribution in [1.29, 1.82) is 0 Å². The van der Waals surface area contributed by atoms with Crippen molar-refractivity contribution in [3.8, 4) is 17.0 Å². The van der Waals surface area contributed by atoms with Crippen molar-refractivity contribution in [3.05, 3.63) is 65.0 Å². The van der Waals surface area contributed by atoms with Gasteiger partial charge in [-0.15, -0.1) is 11.3 Å². The van der Waals surface area contributed by atoms with E-state index < -0.39 is 10.0 Å². The van der Waals surface area contributed by atoms with Crippen LogP contribution in [0.1, 0.15) is 11.9 Å². The summed E-state index contributed by atoms with van der Waals surface area (Å²) in [5.41, 5.74) is 2.46. The van der Waals surface area contributed by atoms with Gasteiger partial charge in [-0.05, 0) is 31.2 Å². The summed E-state index contributed by atoms with van der Waals surface area (Å²) < 4.78 is 30.7. The highest BCUT2D eigenvalue weighted by Gasteiger charge is 2.15. The summed E-state index contributed by atoms with van der Waals surface area (Å²) in [6.07, 6.45) is 1.21. The van der Waals surface area contributed by atoms with Crippen LogP contribution >= 0.6 is 11.3 Å². The Morgan fingerprint density at radius 2 is 1.77 bits per heavy atom. The molecule has 0 amide bonds. The molecule has 1 heterocycles. The summed E-state index contributed by atoms with van der Waals surface area (Å²) in [4.78, 5) is 4.60. The lowest BCUT2D eigenvalue weighted by Gasteiger charge is -2.20. The zero-order valence-electron chi connectivity index (χ0n) is 14.6. The zero-order valence-corrected chi connectivity index (χ0v) is 16.3. The highest BCUT2D eigenvalue weighted by atomic mass is 32.2. The summed E-state index contributed by atoms with van der Waals surface area (Å²) in [5, 5.41) is 2.87. The van der Waals surface area contributed by atoms with Crippen molar-refractivity contribution in [2.45, 2.75) is 13.5 Å². The molecule has 0 spiro atoms. The second kappa shape index (κ2) is 7.88. The summed E-state index contributed by atoms with van der Waals surface area (Å²) >= 11 is 1.54. The molecule has 26 heavy (non-hydrogen) atoms. The molecular weight excluding hydrogens is 368 g/mol. The van der Waals surface area contributed by atoms with Crippen LogP contribution in [0.4, 0.5) is 5.69 Å². The minimum absolute atomic E-state index is 0.399. The number of aromatic nitrogens is 1. The molecule has 0 N–H and O–H groups in total. The van der Waals surface area contributed by atoms with Crippen molar-refractivity contribution in [1.82, 2.24) is 4.98 Å². The quantitative estimate of drug-likeness (QED) is 0.609. The van der Waals surface area contributed by atoms with Crippen LogP contribution in [0, 0.1) is 0 Å². The maximum atomic E-state index is 11.8. The smallest absolute Gasteiger partial charge is 0.232 e. The number of nitrogens with zero attached hydrogens (tertiary/aromatic N) is 2. The molecule has 3 rings (SSSR count). The van der Waals surface area contributed by atoms with Crippen molar-refractivity contribution < 1.29 is 13.2 Å². The molecule has 0 saturated heterocycles. The fourth-order valence-corrected chi connectivity index (χ4v) is 4.27. The van der Waals surface area contributed by atoms with E-state index in [4.69, 9.17) is 4.74 Å². The molecule has 0 fully saturated rings. The minimum Gasteiger partial charge on any atom is -0.486 e. The molecule has 5 nitrogen and oxygen atoms in total. The number of hydrogen-bond donors (Lipinski definition) is 0. The Morgan fingerprint density at radius 1 is 1.08 bits per heavy atom. The molecule has 0 unspecified atom stereocenters. The van der Waals surface area contributed by atoms with Crippen LogP contribution in [0.3, 0.4) is 0 Å². The first-order valence-corrected chi connectivity index (χ1v) is 10.9. The summed E-state index contributed by atoms with van der Waals surface area (Å²) in [6, 6.07) is 17.0. The molecule has 7 heteroatoms. The zero-order chi connectivity index (χ0) is 18.6. The van der Waals surface area contributed by atoms with E-state index in [-0.39, 0.29) is 0 Å². The van der Waals surface area contributed by atoms with E-state index in [9.17, 15) is 8.42 Å². The first-order chi connectivity index (χ1) is 12.5. The van der Waals surface area contributed by atoms with Gasteiger partial charge in [-0.25, -0.2) is 13.4 Å². The summed E-state index contributed by atoms with van der Waals surface area (Å²) in [5.74, 6) is 0.814. The monoisotopic (exact) mass is 388 g/mol. The van der Waals surface area contributed by atoms with E-state index in [1.807, 2.05) is 54.8 Å². The van der Waals surface area contributed by atoms with Gasteiger partial charge in [0.25, 0.3) is 0 Å². The second-order valence-corrected chi connectivity index (χ2v) is 8.55. The largest absolute Gasteiger partial charge is 0.486 e. The summed E-state index contributed by atoms with van der Waals surface area (Å²) in [7, 11) is -3.27. The highest BCUT2D eigenvalue weighted by molar-refractivity contribution is 7.92. The predicted octanol–water partition coefficient (Wildman–Crippen LogP) is 4.18. The number of anilines is 1. The first kappa shape index (κ1) is 18.4. The normalized spacial score (nSPS) is 11.3. The Balaban J connectivity index is 1.71. The molecule has 136 valence electrons. The Hall–Kier alpha value is -2.38. The van der Waals surface area contributed by atoms with Crippen molar-refractivity contribution in [3.63, 3.8) is 0 Å². The maximum absolute atomic E-state index is 11.8. The third-order valence-electron chi connectivity index (χ3n) is 3.80. The number of rotatable bonds is 7. The second-order valence-electron chi connectivity index (χ2n) is 5.70. The number of para-hydroxylation sites is 1. The van der Waals surface area contributed by atoms with Gasteiger partial charge in [0.15, 0.2) is 0 Å². The van der Waals surface area contributed by atoms with Crippen LogP contribution in [-0.4, -0.2) is 26.2 Å². The van der Waals surface area contributed by atoms with E-state index in [2.05, 4.69) is 4.98 Å². The van der Waals surface area contributed by atoms with Crippen LogP contribution < -0.4 is 9.04 Å². The number of thiazole rings is 1. The van der Waals surface area contributed by atoms with E-state index in [1.165, 1.54) is 10.6 Å². The van der Waals surface area contributed by atoms with Gasteiger partial charge >= 0.3 is 0 Å². The van der Waals surface area contributed by atoms with Gasteiger partial charge in [0.1, 0.15) is 17.4 Å². The number of sulfonamides is 1. The van der Waals surface area contributed by atoms with E-state index >= 15 is 0 Å². The van der Waals surface area contributed by atoms with Gasteiger partial charge in [0, 0.05) is 17.5 Å². The van der Waals surface area contributed by atoms with Crippen molar-refractivity contribution >= 4 is 27.0 Å². The lowest BCUT2D eigenvalue weighted by molar-refractivity contribution is 0.305. The number of benzene rings is 2. The topological polar surface area (TPSA) is 59.5 Å². The molecule has 0 bridgehead atoms. The van der Waals surface area contributed by atoms with Gasteiger partial charge in [-0.2, -0.15) is 0 Å². The molecule has 0 saturated carbocycles. The third kappa shape index (κ3) is 4.42. The van der Waals surface area contributed by atoms with E-state index in [1.54, 1.807) is 23.5 Å². The molecule has 0 atom stereocenters. The van der Waals surface area contributed by atoms with Gasteiger partial charge in [-0.3, -0.25) is 4.31 Å².